The third kappa shape index (κ3) is 2.49. The Morgan fingerprint density at radius 1 is 1.15 bits per heavy atom. The number of nitrogens with one attached hydrogen (secondary N) is 3. The summed E-state index contributed by atoms with van der Waals surface area (Å²) in [4.78, 5) is 15.4. The topological polar surface area (TPSA) is 102 Å². The molecule has 2 aromatic heterocycles. The Balaban J connectivity index is 1.81. The number of fused-ring (bicyclic) bond motifs is 1. The monoisotopic (exact) mass is 265 g/mol. The molecule has 0 spiro atoms. The molecule has 0 amide bonds. The van der Waals surface area contributed by atoms with Crippen molar-refractivity contribution in [3.63, 3.8) is 0 Å². The van der Waals surface area contributed by atoms with Crippen molar-refractivity contribution < 1.29 is 0 Å². The quantitative estimate of drug-likeness (QED) is 0.624. The first-order valence-corrected chi connectivity index (χ1v) is 5.98. The van der Waals surface area contributed by atoms with Crippen LogP contribution in [0.5, 0.6) is 0 Å². The zero-order chi connectivity index (χ0) is 13.8. The third-order valence-electron chi connectivity index (χ3n) is 2.71. The Kier molecular flexibility index (Phi) is 3.12. The number of imidazole rings is 1. The Labute approximate surface area is 114 Å². The van der Waals surface area contributed by atoms with Gasteiger partial charge in [0.15, 0.2) is 0 Å². The molecule has 7 nitrogen and oxygen atoms in total. The van der Waals surface area contributed by atoms with E-state index >= 15 is 0 Å². The van der Waals surface area contributed by atoms with E-state index in [2.05, 4.69) is 30.6 Å². The van der Waals surface area contributed by atoms with Gasteiger partial charge in [0.1, 0.15) is 24.5 Å². The zero-order valence-corrected chi connectivity index (χ0v) is 10.5. The summed E-state index contributed by atoms with van der Waals surface area (Å²) in [6.45, 7) is 0.205. The highest BCUT2D eigenvalue weighted by Gasteiger charge is 2.01. The molecule has 0 atom stereocenters. The van der Waals surface area contributed by atoms with Crippen LogP contribution in [0.4, 0.5) is 17.3 Å². The predicted octanol–water partition coefficient (Wildman–Crippen LogP) is 2.03. The standard InChI is InChI=1S/C13H11N7/c14-3-4-15-12-6-13(19-8-18-12)20-9-1-2-10-11(5-9)17-7-16-10/h1-2,5-8H,4H2,(H,16,17)(H2,15,18,19,20). The van der Waals surface area contributed by atoms with Crippen LogP contribution in [0.2, 0.25) is 0 Å². The van der Waals surface area contributed by atoms with Crippen molar-refractivity contribution in [2.45, 2.75) is 0 Å². The van der Waals surface area contributed by atoms with E-state index in [1.807, 2.05) is 24.3 Å². The summed E-state index contributed by atoms with van der Waals surface area (Å²) in [7, 11) is 0. The summed E-state index contributed by atoms with van der Waals surface area (Å²) >= 11 is 0. The second-order valence-corrected chi connectivity index (χ2v) is 4.06. The van der Waals surface area contributed by atoms with Gasteiger partial charge >= 0.3 is 0 Å². The number of nitriles is 1. The van der Waals surface area contributed by atoms with E-state index in [4.69, 9.17) is 5.26 Å². The molecule has 0 saturated heterocycles. The summed E-state index contributed by atoms with van der Waals surface area (Å²) in [5.41, 5.74) is 2.76. The molecular formula is C13H11N7. The number of hydrogen-bond acceptors (Lipinski definition) is 6. The van der Waals surface area contributed by atoms with Crippen LogP contribution in [0.3, 0.4) is 0 Å². The van der Waals surface area contributed by atoms with Gasteiger partial charge in [0.25, 0.3) is 0 Å². The number of rotatable bonds is 4. The molecule has 7 heteroatoms. The Hall–Kier alpha value is -3.14. The minimum Gasteiger partial charge on any atom is -0.357 e. The van der Waals surface area contributed by atoms with Crippen LogP contribution in [0.25, 0.3) is 11.0 Å². The first kappa shape index (κ1) is 11.9. The van der Waals surface area contributed by atoms with Crippen LogP contribution in [-0.2, 0) is 0 Å². The summed E-state index contributed by atoms with van der Waals surface area (Å²) in [5, 5.41) is 14.6. The van der Waals surface area contributed by atoms with Crippen molar-refractivity contribution in [3.8, 4) is 6.07 Å². The number of hydrogen-bond donors (Lipinski definition) is 3. The normalized spacial score (nSPS) is 10.2. The molecule has 3 N–H and O–H groups in total. The number of anilines is 3. The lowest BCUT2D eigenvalue weighted by Crippen LogP contribution is -2.02. The lowest BCUT2D eigenvalue weighted by atomic mass is 10.3. The fourth-order valence-electron chi connectivity index (χ4n) is 1.81. The van der Waals surface area contributed by atoms with Crippen molar-refractivity contribution in [2.24, 2.45) is 0 Å². The molecule has 0 aliphatic heterocycles. The van der Waals surface area contributed by atoms with Crippen LogP contribution >= 0.6 is 0 Å². The minimum absolute atomic E-state index is 0.205. The molecule has 0 aliphatic rings. The molecule has 3 rings (SSSR count). The first-order chi connectivity index (χ1) is 9.85. The average Bonchev–Trinajstić information content (AvgIpc) is 2.93. The molecular weight excluding hydrogens is 254 g/mol. The second-order valence-electron chi connectivity index (χ2n) is 4.06. The summed E-state index contributed by atoms with van der Waals surface area (Å²) in [6, 6.07) is 9.54. The Morgan fingerprint density at radius 3 is 2.95 bits per heavy atom. The van der Waals surface area contributed by atoms with Crippen molar-refractivity contribution >= 4 is 28.4 Å². The third-order valence-corrected chi connectivity index (χ3v) is 2.71. The number of nitrogens with zero attached hydrogens (tertiary/aromatic N) is 4. The molecule has 0 aliphatic carbocycles. The molecule has 0 bridgehead atoms. The molecule has 0 radical (unpaired) electrons. The van der Waals surface area contributed by atoms with E-state index in [9.17, 15) is 0 Å². The van der Waals surface area contributed by atoms with Gasteiger partial charge in [-0.3, -0.25) is 0 Å². The van der Waals surface area contributed by atoms with Gasteiger partial charge in [-0.15, -0.1) is 0 Å². The van der Waals surface area contributed by atoms with Crippen LogP contribution in [0.1, 0.15) is 0 Å². The lowest BCUT2D eigenvalue weighted by Gasteiger charge is -2.07. The van der Waals surface area contributed by atoms with Crippen LogP contribution in [-0.4, -0.2) is 26.5 Å². The van der Waals surface area contributed by atoms with Gasteiger partial charge in [0.05, 0.1) is 23.4 Å². The predicted molar refractivity (Wildman–Crippen MR) is 75.5 cm³/mol. The van der Waals surface area contributed by atoms with Gasteiger partial charge in [0, 0.05) is 11.8 Å². The highest BCUT2D eigenvalue weighted by atomic mass is 15.1. The van der Waals surface area contributed by atoms with Crippen LogP contribution in [0, 0.1) is 11.3 Å². The largest absolute Gasteiger partial charge is 0.357 e. The molecule has 3 aromatic rings. The maximum absolute atomic E-state index is 8.53. The highest BCUT2D eigenvalue weighted by molar-refractivity contribution is 5.79. The number of aromatic amines is 1. The zero-order valence-electron chi connectivity index (χ0n) is 10.5. The van der Waals surface area contributed by atoms with Gasteiger partial charge < -0.3 is 15.6 Å². The van der Waals surface area contributed by atoms with E-state index in [0.29, 0.717) is 11.6 Å². The number of benzene rings is 1. The number of H-pyrrole nitrogens is 1. The van der Waals surface area contributed by atoms with Crippen LogP contribution < -0.4 is 10.6 Å². The Morgan fingerprint density at radius 2 is 2.05 bits per heavy atom. The van der Waals surface area contributed by atoms with Gasteiger partial charge in [-0.1, -0.05) is 0 Å². The molecule has 1 aromatic carbocycles. The molecule has 0 fully saturated rings. The molecule has 98 valence electrons. The summed E-state index contributed by atoms with van der Waals surface area (Å²) < 4.78 is 0. The Bertz CT molecular complexity index is 771. The van der Waals surface area contributed by atoms with Gasteiger partial charge in [0.2, 0.25) is 0 Å². The van der Waals surface area contributed by atoms with Gasteiger partial charge in [-0.2, -0.15) is 5.26 Å². The number of aromatic nitrogens is 4. The lowest BCUT2D eigenvalue weighted by molar-refractivity contribution is 1.14. The fraction of sp³-hybridized carbons (Fsp3) is 0.0769. The summed E-state index contributed by atoms with van der Waals surface area (Å²) in [5.74, 6) is 1.26. The van der Waals surface area contributed by atoms with E-state index in [-0.39, 0.29) is 6.54 Å². The van der Waals surface area contributed by atoms with Crippen molar-refractivity contribution in [1.82, 2.24) is 19.9 Å². The SMILES string of the molecule is N#CCNc1cc(Nc2ccc3nc[nH]c3c2)ncn1. The highest BCUT2D eigenvalue weighted by Crippen LogP contribution is 2.19. The molecule has 2 heterocycles. The first-order valence-electron chi connectivity index (χ1n) is 5.98. The van der Waals surface area contributed by atoms with Crippen molar-refractivity contribution in [3.05, 3.63) is 36.9 Å². The maximum Gasteiger partial charge on any atom is 0.135 e. The molecule has 0 unspecified atom stereocenters. The van der Waals surface area contributed by atoms with E-state index in [0.717, 1.165) is 16.7 Å². The van der Waals surface area contributed by atoms with Crippen LogP contribution in [0.15, 0.2) is 36.9 Å². The summed E-state index contributed by atoms with van der Waals surface area (Å²) in [6.07, 6.45) is 3.10. The van der Waals surface area contributed by atoms with Gasteiger partial charge in [-0.05, 0) is 18.2 Å². The minimum atomic E-state index is 0.205. The van der Waals surface area contributed by atoms with E-state index in [1.54, 1.807) is 12.4 Å². The van der Waals surface area contributed by atoms with Gasteiger partial charge in [-0.25, -0.2) is 15.0 Å². The van der Waals surface area contributed by atoms with E-state index in [1.165, 1.54) is 6.33 Å². The van der Waals surface area contributed by atoms with Crippen molar-refractivity contribution in [2.75, 3.05) is 17.2 Å². The van der Waals surface area contributed by atoms with E-state index < -0.39 is 0 Å². The molecule has 20 heavy (non-hydrogen) atoms. The fourth-order valence-corrected chi connectivity index (χ4v) is 1.81. The average molecular weight is 265 g/mol. The molecule has 0 saturated carbocycles. The maximum atomic E-state index is 8.53. The smallest absolute Gasteiger partial charge is 0.135 e. The second kappa shape index (κ2) is 5.24. The van der Waals surface area contributed by atoms with Crippen molar-refractivity contribution in [1.29, 1.82) is 5.26 Å².